The zero-order valence-electron chi connectivity index (χ0n) is 25.9. The SMILES string of the molecule is c1ccc(-c2cccc(-c3nc(-c4cccc(-c5ccccc5)c4)nc(-c4ccc5ccc6c7ccccc7ccc6c5c4)n3)c2)cc#1. The summed E-state index contributed by atoms with van der Waals surface area (Å²) in [4.78, 5) is 15.3. The van der Waals surface area contributed by atoms with E-state index < -0.39 is 0 Å². The normalized spacial score (nSPS) is 11.2. The molecule has 9 rings (SSSR count). The Balaban J connectivity index is 1.24. The maximum atomic E-state index is 5.12. The predicted molar refractivity (Wildman–Crippen MR) is 197 cm³/mol. The number of benzene rings is 7. The average molecular weight is 610 g/mol. The Labute approximate surface area is 278 Å². The standard InChI is InChI=1S/C45H27N3/c1-3-11-30(12-4-1)34-16-9-18-36(27-34)43-46-44(37-19-10-17-35(28-37)31-13-5-2-6-14-31)48-45(47-43)38-22-21-33-24-25-40-39-20-8-7-15-32(39)23-26-41(40)42(33)29-38/h1,3-5,7-29H. The predicted octanol–water partition coefficient (Wildman–Crippen LogP) is 11.3. The highest BCUT2D eigenvalue weighted by Gasteiger charge is 2.15. The molecule has 0 amide bonds. The third kappa shape index (κ3) is 5.03. The molecule has 0 radical (unpaired) electrons. The summed E-state index contributed by atoms with van der Waals surface area (Å²) in [6, 6.07) is 63.0. The van der Waals surface area contributed by atoms with E-state index in [2.05, 4.69) is 146 Å². The average Bonchev–Trinajstić information content (AvgIpc) is 3.18. The van der Waals surface area contributed by atoms with Gasteiger partial charge < -0.3 is 0 Å². The van der Waals surface area contributed by atoms with E-state index >= 15 is 0 Å². The largest absolute Gasteiger partial charge is 0.208 e. The monoisotopic (exact) mass is 609 g/mol. The van der Waals surface area contributed by atoms with Gasteiger partial charge in [-0.15, -0.1) is 0 Å². The number of nitrogens with zero attached hydrogens (tertiary/aromatic N) is 3. The van der Waals surface area contributed by atoms with Gasteiger partial charge in [0.15, 0.2) is 17.5 Å². The van der Waals surface area contributed by atoms with Gasteiger partial charge in [0, 0.05) is 16.7 Å². The summed E-state index contributed by atoms with van der Waals surface area (Å²) in [6.45, 7) is 0. The van der Waals surface area contributed by atoms with Crippen LogP contribution in [0.1, 0.15) is 0 Å². The van der Waals surface area contributed by atoms with Crippen LogP contribution in [0.3, 0.4) is 0 Å². The lowest BCUT2D eigenvalue weighted by Crippen LogP contribution is -2.00. The van der Waals surface area contributed by atoms with Gasteiger partial charge in [-0.05, 0) is 91.0 Å². The van der Waals surface area contributed by atoms with E-state index in [0.29, 0.717) is 17.5 Å². The van der Waals surface area contributed by atoms with E-state index in [1.54, 1.807) is 0 Å². The zero-order chi connectivity index (χ0) is 31.9. The molecular formula is C45H27N3. The Hall–Kier alpha value is -6.63. The molecule has 0 aliphatic carbocycles. The molecule has 0 bridgehead atoms. The van der Waals surface area contributed by atoms with Crippen molar-refractivity contribution in [2.75, 3.05) is 0 Å². The van der Waals surface area contributed by atoms with Crippen LogP contribution in [0.15, 0.2) is 164 Å². The number of fused-ring (bicyclic) bond motifs is 5. The number of hydrogen-bond donors (Lipinski definition) is 0. The second-order valence-corrected chi connectivity index (χ2v) is 11.9. The van der Waals surface area contributed by atoms with Crippen molar-refractivity contribution < 1.29 is 0 Å². The Kier molecular flexibility index (Phi) is 6.70. The van der Waals surface area contributed by atoms with Crippen LogP contribution in [-0.2, 0) is 0 Å². The molecule has 0 spiro atoms. The van der Waals surface area contributed by atoms with Crippen LogP contribution in [0, 0.1) is 12.1 Å². The van der Waals surface area contributed by atoms with Gasteiger partial charge >= 0.3 is 0 Å². The Bertz CT molecular complexity index is 2510. The summed E-state index contributed by atoms with van der Waals surface area (Å²) in [5, 5.41) is 7.28. The van der Waals surface area contributed by atoms with Crippen LogP contribution in [0.2, 0.25) is 0 Å². The molecule has 3 nitrogen and oxygen atoms in total. The van der Waals surface area contributed by atoms with E-state index in [1.807, 2.05) is 30.3 Å². The minimum atomic E-state index is 0.623. The highest BCUT2D eigenvalue weighted by molar-refractivity contribution is 6.17. The molecule has 1 heterocycles. The van der Waals surface area contributed by atoms with Crippen molar-refractivity contribution in [2.24, 2.45) is 0 Å². The van der Waals surface area contributed by atoms with E-state index in [1.165, 1.54) is 32.3 Å². The van der Waals surface area contributed by atoms with Crippen molar-refractivity contribution >= 4 is 32.3 Å². The van der Waals surface area contributed by atoms with Crippen molar-refractivity contribution in [3.8, 4) is 56.4 Å². The fourth-order valence-corrected chi connectivity index (χ4v) is 6.55. The first kappa shape index (κ1) is 27.7. The minimum absolute atomic E-state index is 0.623. The quantitative estimate of drug-likeness (QED) is 0.182. The molecule has 48 heavy (non-hydrogen) atoms. The molecule has 0 fully saturated rings. The zero-order valence-corrected chi connectivity index (χ0v) is 25.9. The molecule has 0 N–H and O–H groups in total. The number of rotatable bonds is 5. The van der Waals surface area contributed by atoms with E-state index in [9.17, 15) is 0 Å². The molecule has 0 saturated heterocycles. The maximum absolute atomic E-state index is 5.12. The fraction of sp³-hybridized carbons (Fsp3) is 0. The van der Waals surface area contributed by atoms with Crippen LogP contribution >= 0.6 is 0 Å². The Morgan fingerprint density at radius 1 is 0.312 bits per heavy atom. The molecule has 0 aliphatic rings. The van der Waals surface area contributed by atoms with Crippen LogP contribution < -0.4 is 0 Å². The van der Waals surface area contributed by atoms with Gasteiger partial charge in [0.2, 0.25) is 0 Å². The van der Waals surface area contributed by atoms with Gasteiger partial charge in [-0.3, -0.25) is 0 Å². The van der Waals surface area contributed by atoms with Crippen molar-refractivity contribution in [1.82, 2.24) is 15.0 Å². The smallest absolute Gasteiger partial charge is 0.164 e. The van der Waals surface area contributed by atoms with Gasteiger partial charge in [-0.25, -0.2) is 15.0 Å². The van der Waals surface area contributed by atoms with Crippen molar-refractivity contribution in [1.29, 1.82) is 0 Å². The topological polar surface area (TPSA) is 38.7 Å². The molecule has 222 valence electrons. The van der Waals surface area contributed by atoms with Crippen LogP contribution in [-0.4, -0.2) is 15.0 Å². The highest BCUT2D eigenvalue weighted by atomic mass is 15.0. The van der Waals surface area contributed by atoms with E-state index in [-0.39, 0.29) is 0 Å². The lowest BCUT2D eigenvalue weighted by Gasteiger charge is -2.12. The summed E-state index contributed by atoms with van der Waals surface area (Å²) in [5.74, 6) is 1.88. The molecule has 0 saturated carbocycles. The summed E-state index contributed by atoms with van der Waals surface area (Å²) in [7, 11) is 0. The number of hydrogen-bond acceptors (Lipinski definition) is 3. The molecular weight excluding hydrogens is 583 g/mol. The Morgan fingerprint density at radius 3 is 1.54 bits per heavy atom. The molecule has 0 atom stereocenters. The first-order chi connectivity index (χ1) is 23.8. The first-order valence-electron chi connectivity index (χ1n) is 16.0. The first-order valence-corrected chi connectivity index (χ1v) is 16.0. The van der Waals surface area contributed by atoms with E-state index in [4.69, 9.17) is 15.0 Å². The third-order valence-corrected chi connectivity index (χ3v) is 8.98. The summed E-state index contributed by atoms with van der Waals surface area (Å²) >= 11 is 0. The molecule has 3 heteroatoms. The van der Waals surface area contributed by atoms with Crippen molar-refractivity contribution in [3.63, 3.8) is 0 Å². The van der Waals surface area contributed by atoms with Crippen LogP contribution in [0.4, 0.5) is 0 Å². The summed E-state index contributed by atoms with van der Waals surface area (Å²) < 4.78 is 0. The summed E-state index contributed by atoms with van der Waals surface area (Å²) in [6.07, 6.45) is 0. The molecule has 8 aromatic carbocycles. The van der Waals surface area contributed by atoms with Crippen molar-refractivity contribution in [3.05, 3.63) is 176 Å². The van der Waals surface area contributed by atoms with Crippen molar-refractivity contribution in [2.45, 2.75) is 0 Å². The minimum Gasteiger partial charge on any atom is -0.208 e. The van der Waals surface area contributed by atoms with Gasteiger partial charge in [0.05, 0.1) is 0 Å². The van der Waals surface area contributed by atoms with Crippen LogP contribution in [0.5, 0.6) is 0 Å². The van der Waals surface area contributed by atoms with Crippen LogP contribution in [0.25, 0.3) is 88.7 Å². The molecule has 1 aromatic heterocycles. The lowest BCUT2D eigenvalue weighted by atomic mass is 9.96. The third-order valence-electron chi connectivity index (χ3n) is 8.98. The highest BCUT2D eigenvalue weighted by Crippen LogP contribution is 2.35. The second-order valence-electron chi connectivity index (χ2n) is 11.9. The van der Waals surface area contributed by atoms with Gasteiger partial charge in [-0.1, -0.05) is 140 Å². The fourth-order valence-electron chi connectivity index (χ4n) is 6.55. The molecule has 0 aliphatic heterocycles. The molecule has 9 aromatic rings. The molecule has 0 unspecified atom stereocenters. The van der Waals surface area contributed by atoms with E-state index in [0.717, 1.165) is 38.9 Å². The van der Waals surface area contributed by atoms with Gasteiger partial charge in [0.1, 0.15) is 0 Å². The Morgan fingerprint density at radius 2 is 0.854 bits per heavy atom. The van der Waals surface area contributed by atoms with Gasteiger partial charge in [0.25, 0.3) is 0 Å². The number of aromatic nitrogens is 3. The maximum Gasteiger partial charge on any atom is 0.164 e. The second kappa shape index (κ2) is 11.6. The summed E-state index contributed by atoms with van der Waals surface area (Å²) in [5.41, 5.74) is 7.18. The lowest BCUT2D eigenvalue weighted by molar-refractivity contribution is 1.07. The van der Waals surface area contributed by atoms with Gasteiger partial charge in [-0.2, -0.15) is 0 Å².